The number of rotatable bonds is 5. The van der Waals surface area contributed by atoms with Gasteiger partial charge in [-0.2, -0.15) is 0 Å². The van der Waals surface area contributed by atoms with Gasteiger partial charge >= 0.3 is 0 Å². The number of aryl methyl sites for hydroxylation is 1. The number of hydrogen-bond donors (Lipinski definition) is 2. The van der Waals surface area contributed by atoms with Crippen LogP contribution in [0.4, 0.5) is 4.39 Å². The largest absolute Gasteiger partial charge is 0.353 e. The Kier molecular flexibility index (Phi) is 8.88. The van der Waals surface area contributed by atoms with Gasteiger partial charge in [0.2, 0.25) is 5.91 Å². The van der Waals surface area contributed by atoms with Crippen LogP contribution in [-0.4, -0.2) is 43.4 Å². The standard InChI is InChI=1S/C22H27FN4O.HI/c1-27(2)21(28)15-25-22(24-14-18-9-5-6-10-20(18)23)26-19-12-11-16-7-3-4-8-17(16)13-19;/h3-10,19H,11-15H2,1-2H3,(H2,24,25,26);1H. The highest BCUT2D eigenvalue weighted by Gasteiger charge is 2.19. The number of fused-ring (bicyclic) bond motifs is 1. The molecule has 7 heteroatoms. The number of nitrogens with one attached hydrogen (secondary N) is 2. The molecule has 1 aliphatic rings. The van der Waals surface area contributed by atoms with Gasteiger partial charge < -0.3 is 15.5 Å². The van der Waals surface area contributed by atoms with E-state index in [1.807, 2.05) is 0 Å². The highest BCUT2D eigenvalue weighted by Crippen LogP contribution is 2.21. The molecular weight excluding hydrogens is 482 g/mol. The Bertz CT molecular complexity index is 856. The Labute approximate surface area is 188 Å². The molecule has 2 N–H and O–H groups in total. The van der Waals surface area contributed by atoms with E-state index in [-0.39, 0.29) is 54.8 Å². The topological polar surface area (TPSA) is 56.7 Å². The van der Waals surface area contributed by atoms with Gasteiger partial charge in [-0.3, -0.25) is 4.79 Å². The van der Waals surface area contributed by atoms with Crippen LogP contribution in [0.25, 0.3) is 0 Å². The average Bonchev–Trinajstić information content (AvgIpc) is 2.70. The van der Waals surface area contributed by atoms with Crippen molar-refractivity contribution >= 4 is 35.8 Å². The van der Waals surface area contributed by atoms with E-state index in [0.29, 0.717) is 11.5 Å². The van der Waals surface area contributed by atoms with Crippen LogP contribution in [0.3, 0.4) is 0 Å². The van der Waals surface area contributed by atoms with E-state index in [1.165, 1.54) is 22.1 Å². The number of guanidine groups is 1. The Morgan fingerprint density at radius 1 is 1.14 bits per heavy atom. The van der Waals surface area contributed by atoms with Gasteiger partial charge in [0.25, 0.3) is 0 Å². The molecule has 0 radical (unpaired) electrons. The average molecular weight is 510 g/mol. The molecule has 0 bridgehead atoms. The summed E-state index contributed by atoms with van der Waals surface area (Å²) in [6, 6.07) is 15.3. The second-order valence-corrected chi connectivity index (χ2v) is 7.25. The molecule has 0 saturated carbocycles. The fraction of sp³-hybridized carbons (Fsp3) is 0.364. The zero-order chi connectivity index (χ0) is 19.9. The fourth-order valence-electron chi connectivity index (χ4n) is 3.28. The van der Waals surface area contributed by atoms with Crippen LogP contribution in [0.1, 0.15) is 23.1 Å². The van der Waals surface area contributed by atoms with E-state index >= 15 is 0 Å². The minimum absolute atomic E-state index is 0. The maximum Gasteiger partial charge on any atom is 0.241 e. The summed E-state index contributed by atoms with van der Waals surface area (Å²) in [6.07, 6.45) is 2.89. The van der Waals surface area contributed by atoms with Gasteiger partial charge in [-0.25, -0.2) is 9.38 Å². The summed E-state index contributed by atoms with van der Waals surface area (Å²) >= 11 is 0. The van der Waals surface area contributed by atoms with E-state index < -0.39 is 0 Å². The summed E-state index contributed by atoms with van der Waals surface area (Å²) in [5.74, 6) is 0.207. The SMILES string of the molecule is CN(C)C(=O)CNC(=NCc1ccccc1F)NC1CCc2ccccc2C1.I. The van der Waals surface area contributed by atoms with Gasteiger partial charge in [-0.15, -0.1) is 24.0 Å². The number of likely N-dealkylation sites (N-methyl/N-ethyl adjacent to an activating group) is 1. The van der Waals surface area contributed by atoms with Crippen LogP contribution in [0.15, 0.2) is 53.5 Å². The van der Waals surface area contributed by atoms with Crippen molar-refractivity contribution in [3.63, 3.8) is 0 Å². The van der Waals surface area contributed by atoms with Crippen LogP contribution in [-0.2, 0) is 24.2 Å². The van der Waals surface area contributed by atoms with Crippen molar-refractivity contribution in [2.45, 2.75) is 31.8 Å². The Balaban J connectivity index is 0.00000300. The third kappa shape index (κ3) is 6.69. The fourth-order valence-corrected chi connectivity index (χ4v) is 3.28. The molecule has 0 spiro atoms. The molecule has 1 atom stereocenters. The molecule has 0 heterocycles. The summed E-state index contributed by atoms with van der Waals surface area (Å²) in [7, 11) is 3.43. The second-order valence-electron chi connectivity index (χ2n) is 7.25. The van der Waals surface area contributed by atoms with Gasteiger partial charge in [0.15, 0.2) is 5.96 Å². The molecule has 2 aromatic carbocycles. The van der Waals surface area contributed by atoms with Crippen molar-refractivity contribution in [1.82, 2.24) is 15.5 Å². The molecule has 1 aliphatic carbocycles. The summed E-state index contributed by atoms with van der Waals surface area (Å²) in [6.45, 7) is 0.348. The Morgan fingerprint density at radius 3 is 2.55 bits per heavy atom. The molecule has 5 nitrogen and oxygen atoms in total. The molecule has 0 fully saturated rings. The van der Waals surface area contributed by atoms with Crippen molar-refractivity contribution in [2.75, 3.05) is 20.6 Å². The van der Waals surface area contributed by atoms with Gasteiger partial charge in [0, 0.05) is 25.7 Å². The number of hydrogen-bond acceptors (Lipinski definition) is 2. The minimum atomic E-state index is -0.276. The molecule has 0 saturated heterocycles. The lowest BCUT2D eigenvalue weighted by Crippen LogP contribution is -2.48. The first-order valence-electron chi connectivity index (χ1n) is 9.58. The monoisotopic (exact) mass is 510 g/mol. The molecule has 0 aliphatic heterocycles. The Morgan fingerprint density at radius 2 is 1.83 bits per heavy atom. The number of halogens is 2. The van der Waals surface area contributed by atoms with E-state index in [4.69, 9.17) is 0 Å². The van der Waals surface area contributed by atoms with Crippen LogP contribution in [0.2, 0.25) is 0 Å². The first-order valence-corrected chi connectivity index (χ1v) is 9.58. The quantitative estimate of drug-likeness (QED) is 0.370. The summed E-state index contributed by atoms with van der Waals surface area (Å²) in [4.78, 5) is 18.0. The molecule has 0 aromatic heterocycles. The Hall–Kier alpha value is -2.16. The lowest BCUT2D eigenvalue weighted by molar-refractivity contribution is -0.127. The third-order valence-electron chi connectivity index (χ3n) is 4.96. The number of carbonyl (C=O) groups is 1. The van der Waals surface area contributed by atoms with E-state index in [1.54, 1.807) is 32.3 Å². The highest BCUT2D eigenvalue weighted by atomic mass is 127. The first-order chi connectivity index (χ1) is 13.5. The number of aliphatic imine (C=N–C) groups is 1. The summed E-state index contributed by atoms with van der Waals surface area (Å²) in [5, 5.41) is 6.51. The number of amides is 1. The van der Waals surface area contributed by atoms with Crippen LogP contribution in [0, 0.1) is 5.82 Å². The first kappa shape index (κ1) is 23.1. The molecule has 1 amide bonds. The predicted molar refractivity (Wildman–Crippen MR) is 125 cm³/mol. The van der Waals surface area contributed by atoms with E-state index in [9.17, 15) is 9.18 Å². The molecule has 156 valence electrons. The van der Waals surface area contributed by atoms with Gasteiger partial charge in [-0.05, 0) is 36.5 Å². The lowest BCUT2D eigenvalue weighted by atomic mass is 9.88. The van der Waals surface area contributed by atoms with E-state index in [2.05, 4.69) is 39.9 Å². The van der Waals surface area contributed by atoms with Crippen molar-refractivity contribution in [3.8, 4) is 0 Å². The van der Waals surface area contributed by atoms with Gasteiger partial charge in [-0.1, -0.05) is 42.5 Å². The molecule has 2 aromatic rings. The third-order valence-corrected chi connectivity index (χ3v) is 4.96. The van der Waals surface area contributed by atoms with E-state index in [0.717, 1.165) is 19.3 Å². The second kappa shape index (κ2) is 11.1. The van der Waals surface area contributed by atoms with Crippen molar-refractivity contribution in [3.05, 3.63) is 71.0 Å². The van der Waals surface area contributed by atoms with Crippen molar-refractivity contribution < 1.29 is 9.18 Å². The predicted octanol–water partition coefficient (Wildman–Crippen LogP) is 3.12. The lowest BCUT2D eigenvalue weighted by Gasteiger charge is -2.27. The van der Waals surface area contributed by atoms with Crippen molar-refractivity contribution in [2.24, 2.45) is 4.99 Å². The summed E-state index contributed by atoms with van der Waals surface area (Å²) < 4.78 is 13.9. The van der Waals surface area contributed by atoms with Gasteiger partial charge in [0.1, 0.15) is 5.82 Å². The van der Waals surface area contributed by atoms with Crippen LogP contribution >= 0.6 is 24.0 Å². The molecule has 1 unspecified atom stereocenters. The maximum atomic E-state index is 13.9. The van der Waals surface area contributed by atoms with Crippen LogP contribution < -0.4 is 10.6 Å². The molecular formula is C22H28FIN4O. The minimum Gasteiger partial charge on any atom is -0.353 e. The number of benzene rings is 2. The zero-order valence-corrected chi connectivity index (χ0v) is 19.2. The van der Waals surface area contributed by atoms with Gasteiger partial charge in [0.05, 0.1) is 13.1 Å². The normalized spacial score (nSPS) is 15.7. The summed E-state index contributed by atoms with van der Waals surface area (Å²) in [5.41, 5.74) is 3.25. The van der Waals surface area contributed by atoms with Crippen molar-refractivity contribution in [1.29, 1.82) is 0 Å². The molecule has 29 heavy (non-hydrogen) atoms. The zero-order valence-electron chi connectivity index (χ0n) is 16.8. The highest BCUT2D eigenvalue weighted by molar-refractivity contribution is 14.0. The number of nitrogens with zero attached hydrogens (tertiary/aromatic N) is 2. The molecule has 3 rings (SSSR count). The maximum absolute atomic E-state index is 13.9. The van der Waals surface area contributed by atoms with Crippen LogP contribution in [0.5, 0.6) is 0 Å². The smallest absolute Gasteiger partial charge is 0.241 e. The number of carbonyl (C=O) groups excluding carboxylic acids is 1.